The number of hydrogen-bond acceptors (Lipinski definition) is 10. The van der Waals surface area contributed by atoms with Crippen LogP contribution >= 0.6 is 0 Å². The van der Waals surface area contributed by atoms with E-state index in [1.165, 1.54) is 24.3 Å². The van der Waals surface area contributed by atoms with E-state index < -0.39 is 20.2 Å². The summed E-state index contributed by atoms with van der Waals surface area (Å²) in [6.45, 7) is 0. The molecule has 12 nitrogen and oxygen atoms in total. The van der Waals surface area contributed by atoms with E-state index in [2.05, 4.69) is 20.5 Å². The van der Waals surface area contributed by atoms with Crippen LogP contribution in [0.1, 0.15) is 11.1 Å². The first-order chi connectivity index (χ1) is 22.9. The van der Waals surface area contributed by atoms with Crippen LogP contribution in [0, 0.1) is 0 Å². The smallest absolute Gasteiger partial charge is 0.295 e. The van der Waals surface area contributed by atoms with Crippen molar-refractivity contribution in [2.45, 2.75) is 9.79 Å². The summed E-state index contributed by atoms with van der Waals surface area (Å²) in [5.41, 5.74) is 2.30. The van der Waals surface area contributed by atoms with Crippen LogP contribution in [-0.4, -0.2) is 36.2 Å². The summed E-state index contributed by atoms with van der Waals surface area (Å²) in [4.78, 5) is -0.778. The molecule has 0 saturated heterocycles. The number of phenolic OH excluding ortho intramolecular Hbond substituents is 2. The average molecular weight is 681 g/mol. The van der Waals surface area contributed by atoms with E-state index in [9.17, 15) is 36.2 Å². The van der Waals surface area contributed by atoms with Gasteiger partial charge in [-0.25, -0.2) is 0 Å². The second-order valence-electron chi connectivity index (χ2n) is 10.4. The Morgan fingerprint density at radius 3 is 1.12 bits per heavy atom. The van der Waals surface area contributed by atoms with Crippen LogP contribution in [0.15, 0.2) is 139 Å². The Morgan fingerprint density at radius 1 is 0.458 bits per heavy atom. The first kappa shape index (κ1) is 32.2. The molecular formula is C34H24N4O8S2. The van der Waals surface area contributed by atoms with E-state index in [4.69, 9.17) is 0 Å². The van der Waals surface area contributed by atoms with Crippen molar-refractivity contribution in [1.29, 1.82) is 0 Å². The fraction of sp³-hybridized carbons (Fsp3) is 0. The number of phenols is 2. The van der Waals surface area contributed by atoms with E-state index in [0.29, 0.717) is 11.4 Å². The fourth-order valence-electron chi connectivity index (χ4n) is 4.92. The monoisotopic (exact) mass is 680 g/mol. The van der Waals surface area contributed by atoms with Crippen LogP contribution in [0.4, 0.5) is 22.7 Å². The number of benzene rings is 6. The molecule has 0 unspecified atom stereocenters. The molecule has 0 bridgehead atoms. The molecule has 14 heteroatoms. The van der Waals surface area contributed by atoms with Crippen LogP contribution in [0.3, 0.4) is 0 Å². The summed E-state index contributed by atoms with van der Waals surface area (Å²) in [5.74, 6) is -0.543. The zero-order valence-corrected chi connectivity index (χ0v) is 26.2. The van der Waals surface area contributed by atoms with E-state index in [0.717, 1.165) is 23.3 Å². The Balaban J connectivity index is 1.16. The summed E-state index contributed by atoms with van der Waals surface area (Å²) in [6.07, 6.45) is 3.71. The van der Waals surface area contributed by atoms with Gasteiger partial charge in [0.25, 0.3) is 20.2 Å². The van der Waals surface area contributed by atoms with Gasteiger partial charge in [0.05, 0.1) is 11.4 Å². The number of nitrogens with zero attached hydrogens (tertiary/aromatic N) is 4. The number of hydrogen-bond donors (Lipinski definition) is 4. The average Bonchev–Trinajstić information content (AvgIpc) is 3.07. The van der Waals surface area contributed by atoms with Gasteiger partial charge >= 0.3 is 0 Å². The Labute approximate surface area is 274 Å². The van der Waals surface area contributed by atoms with Crippen LogP contribution in [-0.2, 0) is 20.2 Å². The molecule has 6 aromatic rings. The van der Waals surface area contributed by atoms with Crippen molar-refractivity contribution in [2.24, 2.45) is 20.5 Å². The quantitative estimate of drug-likeness (QED) is 0.0693. The molecule has 0 aromatic heterocycles. The molecule has 0 aliphatic heterocycles. The molecule has 0 aliphatic carbocycles. The van der Waals surface area contributed by atoms with Crippen molar-refractivity contribution < 1.29 is 36.2 Å². The minimum Gasteiger partial charge on any atom is -0.505 e. The SMILES string of the molecule is O=S(=O)(O)c1cc(N=Nc2ccc(C=Cc3ccc(N=Nc4cc(S(=O)(=O)O)c5ccccc5c4O)cc3)cc2)c(O)c2ccccc12. The Hall–Kier alpha value is -5.80. The summed E-state index contributed by atoms with van der Waals surface area (Å²) >= 11 is 0. The first-order valence-electron chi connectivity index (χ1n) is 14.0. The predicted octanol–water partition coefficient (Wildman–Crippen LogP) is 8.90. The van der Waals surface area contributed by atoms with Crippen LogP contribution in [0.2, 0.25) is 0 Å². The molecule has 0 heterocycles. The standard InChI is InChI=1S/C34H24N4O8S2/c39-33-27-7-3-1-5-25(27)31(47(41,42)43)19-29(33)37-35-23-15-11-21(12-16-23)9-10-22-13-17-24(18-14-22)36-38-30-20-32(48(44,45)46)26-6-2-4-8-28(26)34(30)40/h1-20,39-40H,(H,41,42,43)(H,44,45,46). The van der Waals surface area contributed by atoms with Crippen LogP contribution in [0.5, 0.6) is 11.5 Å². The van der Waals surface area contributed by atoms with Crippen molar-refractivity contribution in [1.82, 2.24) is 0 Å². The number of aromatic hydroxyl groups is 2. The predicted molar refractivity (Wildman–Crippen MR) is 181 cm³/mol. The molecule has 48 heavy (non-hydrogen) atoms. The molecule has 4 N–H and O–H groups in total. The van der Waals surface area contributed by atoms with Gasteiger partial charge in [0.1, 0.15) is 21.2 Å². The van der Waals surface area contributed by atoms with Crippen molar-refractivity contribution in [2.75, 3.05) is 0 Å². The lowest BCUT2D eigenvalue weighted by Gasteiger charge is -2.08. The lowest BCUT2D eigenvalue weighted by atomic mass is 10.1. The molecule has 0 atom stereocenters. The highest BCUT2D eigenvalue weighted by Gasteiger charge is 2.20. The normalized spacial score (nSPS) is 12.6. The summed E-state index contributed by atoms with van der Waals surface area (Å²) in [5, 5.41) is 38.2. The molecule has 6 aromatic carbocycles. The molecule has 240 valence electrons. The third-order valence-electron chi connectivity index (χ3n) is 7.27. The molecule has 6 rings (SSSR count). The number of azo groups is 2. The molecule has 0 radical (unpaired) electrons. The van der Waals surface area contributed by atoms with Crippen LogP contribution in [0.25, 0.3) is 33.7 Å². The van der Waals surface area contributed by atoms with Gasteiger partial charge in [-0.1, -0.05) is 84.9 Å². The van der Waals surface area contributed by atoms with Crippen molar-refractivity contribution in [3.8, 4) is 11.5 Å². The zero-order valence-electron chi connectivity index (χ0n) is 24.6. The first-order valence-corrected chi connectivity index (χ1v) is 16.9. The van der Waals surface area contributed by atoms with Gasteiger partial charge in [-0.3, -0.25) is 9.11 Å². The molecule has 0 aliphatic rings. The Bertz CT molecular complexity index is 2340. The molecule has 0 saturated carbocycles. The van der Waals surface area contributed by atoms with Crippen molar-refractivity contribution in [3.05, 3.63) is 120 Å². The summed E-state index contributed by atoms with van der Waals surface area (Å²) in [7, 11) is -9.17. The van der Waals surface area contributed by atoms with Gasteiger partial charge in [-0.2, -0.15) is 27.1 Å². The van der Waals surface area contributed by atoms with Gasteiger partial charge < -0.3 is 10.2 Å². The fourth-order valence-corrected chi connectivity index (χ4v) is 6.36. The van der Waals surface area contributed by atoms with E-state index in [-0.39, 0.29) is 54.2 Å². The van der Waals surface area contributed by atoms with Crippen LogP contribution < -0.4 is 0 Å². The maximum Gasteiger partial charge on any atom is 0.295 e. The third kappa shape index (κ3) is 6.82. The molecule has 0 amide bonds. The van der Waals surface area contributed by atoms with Gasteiger partial charge in [0, 0.05) is 21.5 Å². The Morgan fingerprint density at radius 2 is 0.792 bits per heavy atom. The Kier molecular flexibility index (Phi) is 8.56. The second kappa shape index (κ2) is 12.8. The minimum atomic E-state index is -4.58. The van der Waals surface area contributed by atoms with Gasteiger partial charge in [0.15, 0.2) is 11.5 Å². The maximum atomic E-state index is 11.9. The van der Waals surface area contributed by atoms with E-state index >= 15 is 0 Å². The number of rotatable bonds is 8. The second-order valence-corrected chi connectivity index (χ2v) is 13.2. The van der Waals surface area contributed by atoms with Gasteiger partial charge in [-0.05, 0) is 47.5 Å². The van der Waals surface area contributed by atoms with Crippen molar-refractivity contribution >= 4 is 76.7 Å². The minimum absolute atomic E-state index is 0.120. The highest BCUT2D eigenvalue weighted by molar-refractivity contribution is 7.86. The van der Waals surface area contributed by atoms with E-state index in [1.807, 2.05) is 12.2 Å². The van der Waals surface area contributed by atoms with Gasteiger partial charge in [0.2, 0.25) is 0 Å². The molecule has 0 spiro atoms. The third-order valence-corrected chi connectivity index (χ3v) is 9.06. The van der Waals surface area contributed by atoms with Crippen molar-refractivity contribution in [3.63, 3.8) is 0 Å². The van der Waals surface area contributed by atoms with Gasteiger partial charge in [-0.15, -0.1) is 10.2 Å². The topological polar surface area (TPSA) is 199 Å². The lowest BCUT2D eigenvalue weighted by Crippen LogP contribution is -1.99. The summed E-state index contributed by atoms with van der Waals surface area (Å²) < 4.78 is 67.0. The summed E-state index contributed by atoms with van der Waals surface area (Å²) in [6, 6.07) is 28.4. The maximum absolute atomic E-state index is 11.9. The largest absolute Gasteiger partial charge is 0.505 e. The highest BCUT2D eigenvalue weighted by Crippen LogP contribution is 2.41. The highest BCUT2D eigenvalue weighted by atomic mass is 32.2. The zero-order chi connectivity index (χ0) is 34.1. The lowest BCUT2D eigenvalue weighted by molar-refractivity contribution is 0.477. The molecule has 0 fully saturated rings. The van der Waals surface area contributed by atoms with E-state index in [1.54, 1.807) is 72.8 Å². The number of fused-ring (bicyclic) bond motifs is 2. The molecular weight excluding hydrogens is 657 g/mol.